The summed E-state index contributed by atoms with van der Waals surface area (Å²) in [5.74, 6) is 2.30. The molecule has 0 aromatic heterocycles. The quantitative estimate of drug-likeness (QED) is 0.663. The van der Waals surface area contributed by atoms with E-state index in [4.69, 9.17) is 6.42 Å². The monoisotopic (exact) mass is 340 g/mol. The van der Waals surface area contributed by atoms with Gasteiger partial charge in [-0.25, -0.2) is 0 Å². The lowest BCUT2D eigenvalue weighted by atomic mass is 10.0. The first-order chi connectivity index (χ1) is 12.0. The van der Waals surface area contributed by atoms with Crippen LogP contribution in [0.4, 0.5) is 0 Å². The second-order valence-corrected chi connectivity index (χ2v) is 6.16. The van der Waals surface area contributed by atoms with E-state index in [1.54, 1.807) is 4.90 Å². The molecule has 25 heavy (non-hydrogen) atoms. The normalized spacial score (nSPS) is 13.8. The van der Waals surface area contributed by atoms with Gasteiger partial charge in [0.05, 0.1) is 6.54 Å². The van der Waals surface area contributed by atoms with Crippen LogP contribution in [0.2, 0.25) is 0 Å². The fourth-order valence-electron chi connectivity index (χ4n) is 2.56. The second kappa shape index (κ2) is 8.97. The summed E-state index contributed by atoms with van der Waals surface area (Å²) in [7, 11) is 0. The van der Waals surface area contributed by atoms with Gasteiger partial charge in [-0.05, 0) is 12.0 Å². The Balaban J connectivity index is 1.71. The number of nitrogens with zero attached hydrogens (tertiary/aromatic N) is 3. The molecular weight excluding hydrogens is 316 g/mol. The van der Waals surface area contributed by atoms with Gasteiger partial charge in [0.25, 0.3) is 0 Å². The molecule has 0 bridgehead atoms. The van der Waals surface area contributed by atoms with Crippen molar-refractivity contribution in [3.8, 4) is 12.3 Å². The molecule has 6 heteroatoms. The fraction of sp³-hybridized carbons (Fsp3) is 0.474. The predicted octanol–water partition coefficient (Wildman–Crippen LogP) is 2.16. The van der Waals surface area contributed by atoms with Gasteiger partial charge in [0, 0.05) is 39.3 Å². The van der Waals surface area contributed by atoms with Gasteiger partial charge in [0.1, 0.15) is 0 Å². The number of rotatable bonds is 10. The van der Waals surface area contributed by atoms with Gasteiger partial charge in [0.15, 0.2) is 5.66 Å². The van der Waals surface area contributed by atoms with E-state index in [2.05, 4.69) is 21.5 Å². The SMILES string of the molecule is C#CCCC1(CCNC(=O)CN(CCc2ccccc2)C(C)=O)N=N1. The molecule has 1 heterocycles. The lowest BCUT2D eigenvalue weighted by Gasteiger charge is -2.20. The summed E-state index contributed by atoms with van der Waals surface area (Å²) in [6.45, 7) is 2.53. The highest BCUT2D eigenvalue weighted by Crippen LogP contribution is 2.35. The molecule has 0 unspecified atom stereocenters. The minimum Gasteiger partial charge on any atom is -0.354 e. The molecule has 6 nitrogen and oxygen atoms in total. The first-order valence-corrected chi connectivity index (χ1v) is 8.48. The molecule has 1 aromatic carbocycles. The van der Waals surface area contributed by atoms with E-state index in [9.17, 15) is 9.59 Å². The van der Waals surface area contributed by atoms with E-state index < -0.39 is 5.66 Å². The molecule has 0 aliphatic carbocycles. The highest BCUT2D eigenvalue weighted by molar-refractivity contribution is 5.83. The van der Waals surface area contributed by atoms with E-state index in [1.807, 2.05) is 30.3 Å². The van der Waals surface area contributed by atoms with Crippen molar-refractivity contribution >= 4 is 11.8 Å². The van der Waals surface area contributed by atoms with Gasteiger partial charge in [0.2, 0.25) is 11.8 Å². The lowest BCUT2D eigenvalue weighted by molar-refractivity contribution is -0.134. The Kier molecular flexibility index (Phi) is 6.70. The summed E-state index contributed by atoms with van der Waals surface area (Å²) in [6.07, 6.45) is 7.96. The van der Waals surface area contributed by atoms with Crippen LogP contribution in [0.25, 0.3) is 0 Å². The maximum absolute atomic E-state index is 12.1. The first-order valence-electron chi connectivity index (χ1n) is 8.48. The van der Waals surface area contributed by atoms with Crippen LogP contribution in [0, 0.1) is 12.3 Å². The summed E-state index contributed by atoms with van der Waals surface area (Å²) in [5.41, 5.74) is 0.745. The number of benzene rings is 1. The first kappa shape index (κ1) is 18.7. The third-order valence-corrected chi connectivity index (χ3v) is 4.19. The standard InChI is InChI=1S/C19H24N4O2/c1-3-4-11-19(21-22-19)12-13-20-18(25)15-23(16(2)24)14-10-17-8-6-5-7-9-17/h1,5-9H,4,10-15H2,2H3,(H,20,25). The van der Waals surface area contributed by atoms with Crippen LogP contribution in [0.1, 0.15) is 31.7 Å². The van der Waals surface area contributed by atoms with Crippen LogP contribution in [0.3, 0.4) is 0 Å². The van der Waals surface area contributed by atoms with Gasteiger partial charge in [-0.1, -0.05) is 30.3 Å². The third kappa shape index (κ3) is 6.38. The molecule has 132 valence electrons. The minimum absolute atomic E-state index is 0.0633. The number of carbonyl (C=O) groups is 2. The molecule has 0 radical (unpaired) electrons. The number of nitrogens with one attached hydrogen (secondary N) is 1. The summed E-state index contributed by atoms with van der Waals surface area (Å²) < 4.78 is 0. The zero-order valence-electron chi connectivity index (χ0n) is 14.6. The summed E-state index contributed by atoms with van der Waals surface area (Å²) in [6, 6.07) is 9.90. The molecular formula is C19H24N4O2. The van der Waals surface area contributed by atoms with Crippen molar-refractivity contribution in [1.82, 2.24) is 10.2 Å². The zero-order chi connectivity index (χ0) is 18.1. The molecule has 2 rings (SSSR count). The minimum atomic E-state index is -0.396. The fourth-order valence-corrected chi connectivity index (χ4v) is 2.56. The van der Waals surface area contributed by atoms with Crippen molar-refractivity contribution < 1.29 is 9.59 Å². The van der Waals surface area contributed by atoms with Gasteiger partial charge < -0.3 is 10.2 Å². The van der Waals surface area contributed by atoms with E-state index in [0.29, 0.717) is 25.9 Å². The average molecular weight is 340 g/mol. The van der Waals surface area contributed by atoms with Gasteiger partial charge in [-0.3, -0.25) is 9.59 Å². The van der Waals surface area contributed by atoms with Crippen molar-refractivity contribution in [2.75, 3.05) is 19.6 Å². The molecule has 0 saturated heterocycles. The highest BCUT2D eigenvalue weighted by atomic mass is 16.2. The molecule has 1 aliphatic heterocycles. The Morgan fingerprint density at radius 2 is 1.96 bits per heavy atom. The second-order valence-electron chi connectivity index (χ2n) is 6.16. The maximum Gasteiger partial charge on any atom is 0.239 e. The number of hydrogen-bond donors (Lipinski definition) is 1. The number of carbonyl (C=O) groups excluding carboxylic acids is 2. The number of terminal acetylenes is 1. The average Bonchev–Trinajstić information content (AvgIpc) is 3.37. The van der Waals surface area contributed by atoms with Crippen LogP contribution < -0.4 is 5.32 Å². The van der Waals surface area contributed by atoms with Crippen LogP contribution in [0.15, 0.2) is 40.6 Å². The smallest absolute Gasteiger partial charge is 0.239 e. The van der Waals surface area contributed by atoms with Crippen molar-refractivity contribution in [1.29, 1.82) is 0 Å². The van der Waals surface area contributed by atoms with E-state index >= 15 is 0 Å². The Bertz CT molecular complexity index is 658. The van der Waals surface area contributed by atoms with Crippen molar-refractivity contribution in [2.24, 2.45) is 10.2 Å². The van der Waals surface area contributed by atoms with Gasteiger partial charge >= 0.3 is 0 Å². The molecule has 1 aliphatic rings. The molecule has 2 amide bonds. The van der Waals surface area contributed by atoms with Crippen LogP contribution in [-0.2, 0) is 16.0 Å². The van der Waals surface area contributed by atoms with Gasteiger partial charge in [-0.2, -0.15) is 10.2 Å². The summed E-state index contributed by atoms with van der Waals surface area (Å²) in [4.78, 5) is 25.4. The van der Waals surface area contributed by atoms with Crippen LogP contribution in [0.5, 0.6) is 0 Å². The number of amides is 2. The maximum atomic E-state index is 12.1. The summed E-state index contributed by atoms with van der Waals surface area (Å²) in [5, 5.41) is 10.9. The van der Waals surface area contributed by atoms with Crippen molar-refractivity contribution in [3.63, 3.8) is 0 Å². The molecule has 1 N–H and O–H groups in total. The van der Waals surface area contributed by atoms with E-state index in [-0.39, 0.29) is 18.4 Å². The molecule has 0 spiro atoms. The van der Waals surface area contributed by atoms with Gasteiger partial charge in [-0.15, -0.1) is 12.3 Å². The Morgan fingerprint density at radius 1 is 1.24 bits per heavy atom. The predicted molar refractivity (Wildman–Crippen MR) is 95.7 cm³/mol. The van der Waals surface area contributed by atoms with E-state index in [1.165, 1.54) is 6.92 Å². The van der Waals surface area contributed by atoms with Crippen molar-refractivity contribution in [2.45, 2.75) is 38.3 Å². The molecule has 0 atom stereocenters. The molecule has 0 fully saturated rings. The van der Waals surface area contributed by atoms with E-state index in [0.717, 1.165) is 18.4 Å². The molecule has 1 aromatic rings. The summed E-state index contributed by atoms with van der Waals surface area (Å²) >= 11 is 0. The Morgan fingerprint density at radius 3 is 2.56 bits per heavy atom. The zero-order valence-corrected chi connectivity index (χ0v) is 14.6. The molecule has 0 saturated carbocycles. The van der Waals surface area contributed by atoms with Crippen LogP contribution >= 0.6 is 0 Å². The largest absolute Gasteiger partial charge is 0.354 e. The topological polar surface area (TPSA) is 74.1 Å². The Hall–Kier alpha value is -2.68. The number of hydrogen-bond acceptors (Lipinski definition) is 4. The highest BCUT2D eigenvalue weighted by Gasteiger charge is 2.38. The van der Waals surface area contributed by atoms with Crippen molar-refractivity contribution in [3.05, 3.63) is 35.9 Å². The van der Waals surface area contributed by atoms with Crippen LogP contribution in [-0.4, -0.2) is 42.0 Å². The third-order valence-electron chi connectivity index (χ3n) is 4.19. The lowest BCUT2D eigenvalue weighted by Crippen LogP contribution is -2.41. The Labute approximate surface area is 148 Å².